The van der Waals surface area contributed by atoms with Gasteiger partial charge in [-0.2, -0.15) is 0 Å². The van der Waals surface area contributed by atoms with Crippen LogP contribution in [0, 0.1) is 5.92 Å². The lowest BCUT2D eigenvalue weighted by Crippen LogP contribution is -2.24. The van der Waals surface area contributed by atoms with E-state index in [-0.39, 0.29) is 0 Å². The van der Waals surface area contributed by atoms with Crippen LogP contribution in [0.2, 0.25) is 0 Å². The number of nitrogens with one attached hydrogen (secondary N) is 1. The molecule has 5 heteroatoms. The summed E-state index contributed by atoms with van der Waals surface area (Å²) in [5.74, 6) is -1.25. The Kier molecular flexibility index (Phi) is 4.20. The monoisotopic (exact) mass is 221 g/mol. The number of aldehydes is 2. The largest absolute Gasteiger partial charge is 0.497 e. The van der Waals surface area contributed by atoms with Crippen molar-refractivity contribution in [3.05, 3.63) is 24.3 Å². The lowest BCUT2D eigenvalue weighted by Gasteiger charge is -2.06. The standard InChI is InChI=1S/C11H11NO4/c1-16-10-4-2-9(3-5-10)12-11(15)8(6-13)7-14/h2-8H,1H3,(H,12,15). The van der Waals surface area contributed by atoms with Crippen molar-refractivity contribution in [2.24, 2.45) is 5.92 Å². The van der Waals surface area contributed by atoms with Gasteiger partial charge >= 0.3 is 0 Å². The predicted molar refractivity (Wildman–Crippen MR) is 57.2 cm³/mol. The minimum atomic E-state index is -1.26. The minimum Gasteiger partial charge on any atom is -0.497 e. The first-order valence-electron chi connectivity index (χ1n) is 4.56. The van der Waals surface area contributed by atoms with Gasteiger partial charge < -0.3 is 19.6 Å². The smallest absolute Gasteiger partial charge is 0.241 e. The van der Waals surface area contributed by atoms with Crippen molar-refractivity contribution >= 4 is 24.2 Å². The molecular weight excluding hydrogens is 210 g/mol. The van der Waals surface area contributed by atoms with Gasteiger partial charge in [-0.1, -0.05) is 0 Å². The topological polar surface area (TPSA) is 72.5 Å². The van der Waals surface area contributed by atoms with Gasteiger partial charge in [0.1, 0.15) is 24.2 Å². The number of anilines is 1. The zero-order valence-corrected chi connectivity index (χ0v) is 8.67. The number of hydrogen-bond acceptors (Lipinski definition) is 4. The Bertz CT molecular complexity index is 377. The molecular formula is C11H11NO4. The minimum absolute atomic E-state index is 0.297. The van der Waals surface area contributed by atoms with Crippen LogP contribution in [0.5, 0.6) is 5.75 Å². The second-order valence-electron chi connectivity index (χ2n) is 3.02. The highest BCUT2D eigenvalue weighted by Gasteiger charge is 2.16. The second-order valence-corrected chi connectivity index (χ2v) is 3.02. The van der Waals surface area contributed by atoms with E-state index in [2.05, 4.69) is 5.32 Å². The summed E-state index contributed by atoms with van der Waals surface area (Å²) < 4.78 is 4.94. The molecule has 5 nitrogen and oxygen atoms in total. The molecule has 1 rings (SSSR count). The van der Waals surface area contributed by atoms with Crippen molar-refractivity contribution < 1.29 is 19.1 Å². The highest BCUT2D eigenvalue weighted by atomic mass is 16.5. The van der Waals surface area contributed by atoms with Crippen LogP contribution in [0.25, 0.3) is 0 Å². The molecule has 0 unspecified atom stereocenters. The first-order chi connectivity index (χ1) is 7.71. The maximum absolute atomic E-state index is 11.3. The van der Waals surface area contributed by atoms with Gasteiger partial charge in [0, 0.05) is 5.69 Å². The molecule has 0 aliphatic carbocycles. The second kappa shape index (κ2) is 5.65. The number of methoxy groups -OCH3 is 1. The first kappa shape index (κ1) is 11.9. The van der Waals surface area contributed by atoms with E-state index in [0.717, 1.165) is 0 Å². The summed E-state index contributed by atoms with van der Waals surface area (Å²) in [5, 5.41) is 2.44. The van der Waals surface area contributed by atoms with E-state index in [0.29, 0.717) is 24.0 Å². The molecule has 1 aromatic carbocycles. The molecule has 16 heavy (non-hydrogen) atoms. The molecule has 0 aliphatic heterocycles. The third-order valence-corrected chi connectivity index (χ3v) is 1.95. The van der Waals surface area contributed by atoms with E-state index in [4.69, 9.17) is 4.74 Å². The lowest BCUT2D eigenvalue weighted by molar-refractivity contribution is -0.129. The van der Waals surface area contributed by atoms with Crippen LogP contribution in [0.3, 0.4) is 0 Å². The number of carbonyl (C=O) groups is 3. The van der Waals surface area contributed by atoms with Gasteiger partial charge in [-0.3, -0.25) is 4.79 Å². The molecule has 1 aromatic rings. The summed E-state index contributed by atoms with van der Waals surface area (Å²) in [6.07, 6.45) is 0.595. The van der Waals surface area contributed by atoms with Gasteiger partial charge in [0.15, 0.2) is 0 Å². The third-order valence-electron chi connectivity index (χ3n) is 1.95. The number of amides is 1. The fourth-order valence-electron chi connectivity index (χ4n) is 1.06. The number of hydrogen-bond donors (Lipinski definition) is 1. The molecule has 0 bridgehead atoms. The Morgan fingerprint density at radius 1 is 1.25 bits per heavy atom. The molecule has 0 aromatic heterocycles. The Morgan fingerprint density at radius 2 is 1.81 bits per heavy atom. The van der Waals surface area contributed by atoms with E-state index in [1.807, 2.05) is 0 Å². The van der Waals surface area contributed by atoms with Crippen molar-refractivity contribution in [1.82, 2.24) is 0 Å². The predicted octanol–water partition coefficient (Wildman–Crippen LogP) is 0.648. The summed E-state index contributed by atoms with van der Waals surface area (Å²) in [6, 6.07) is 6.55. The highest BCUT2D eigenvalue weighted by Crippen LogP contribution is 2.15. The average molecular weight is 221 g/mol. The van der Waals surface area contributed by atoms with Crippen LogP contribution in [-0.2, 0) is 14.4 Å². The van der Waals surface area contributed by atoms with E-state index < -0.39 is 11.8 Å². The van der Waals surface area contributed by atoms with Crippen molar-refractivity contribution in [2.75, 3.05) is 12.4 Å². The Balaban J connectivity index is 2.69. The van der Waals surface area contributed by atoms with Gasteiger partial charge in [-0.15, -0.1) is 0 Å². The van der Waals surface area contributed by atoms with Gasteiger partial charge in [0.25, 0.3) is 0 Å². The van der Waals surface area contributed by atoms with Crippen LogP contribution in [0.1, 0.15) is 0 Å². The van der Waals surface area contributed by atoms with Crippen LogP contribution >= 0.6 is 0 Å². The zero-order valence-electron chi connectivity index (χ0n) is 8.67. The molecule has 1 amide bonds. The van der Waals surface area contributed by atoms with Crippen molar-refractivity contribution in [1.29, 1.82) is 0 Å². The number of carbonyl (C=O) groups excluding carboxylic acids is 3. The van der Waals surface area contributed by atoms with E-state index in [1.165, 1.54) is 7.11 Å². The van der Waals surface area contributed by atoms with Crippen LogP contribution in [0.15, 0.2) is 24.3 Å². The summed E-state index contributed by atoms with van der Waals surface area (Å²) in [7, 11) is 1.53. The Morgan fingerprint density at radius 3 is 2.25 bits per heavy atom. The Hall–Kier alpha value is -2.17. The zero-order chi connectivity index (χ0) is 12.0. The van der Waals surface area contributed by atoms with E-state index in [9.17, 15) is 14.4 Å². The van der Waals surface area contributed by atoms with E-state index >= 15 is 0 Å². The summed E-state index contributed by atoms with van der Waals surface area (Å²) >= 11 is 0. The van der Waals surface area contributed by atoms with Crippen LogP contribution in [0.4, 0.5) is 5.69 Å². The molecule has 84 valence electrons. The van der Waals surface area contributed by atoms with Crippen molar-refractivity contribution in [3.8, 4) is 5.75 Å². The highest BCUT2D eigenvalue weighted by molar-refractivity contribution is 6.10. The van der Waals surface area contributed by atoms with Crippen LogP contribution < -0.4 is 10.1 Å². The van der Waals surface area contributed by atoms with Crippen molar-refractivity contribution in [3.63, 3.8) is 0 Å². The normalized spacial score (nSPS) is 9.62. The molecule has 0 radical (unpaired) electrons. The quantitative estimate of drug-likeness (QED) is 0.585. The molecule has 1 N–H and O–H groups in total. The molecule has 0 heterocycles. The maximum atomic E-state index is 11.3. The molecule has 0 atom stereocenters. The van der Waals surface area contributed by atoms with Gasteiger partial charge in [-0.25, -0.2) is 0 Å². The van der Waals surface area contributed by atoms with Crippen LogP contribution in [-0.4, -0.2) is 25.6 Å². The maximum Gasteiger partial charge on any atom is 0.241 e. The summed E-state index contributed by atoms with van der Waals surface area (Å²) in [5.41, 5.74) is 0.500. The number of benzene rings is 1. The molecule has 0 aliphatic rings. The van der Waals surface area contributed by atoms with Gasteiger partial charge in [0.2, 0.25) is 5.91 Å². The third kappa shape index (κ3) is 2.91. The van der Waals surface area contributed by atoms with Gasteiger partial charge in [0.05, 0.1) is 7.11 Å². The molecule has 0 saturated heterocycles. The number of ether oxygens (including phenoxy) is 1. The molecule has 0 fully saturated rings. The fourth-order valence-corrected chi connectivity index (χ4v) is 1.06. The van der Waals surface area contributed by atoms with Crippen molar-refractivity contribution in [2.45, 2.75) is 0 Å². The summed E-state index contributed by atoms with van der Waals surface area (Å²) in [4.78, 5) is 32.0. The number of rotatable bonds is 5. The van der Waals surface area contributed by atoms with Gasteiger partial charge in [-0.05, 0) is 24.3 Å². The SMILES string of the molecule is COc1ccc(NC(=O)C(C=O)C=O)cc1. The first-order valence-corrected chi connectivity index (χ1v) is 4.56. The fraction of sp³-hybridized carbons (Fsp3) is 0.182. The van der Waals surface area contributed by atoms with E-state index in [1.54, 1.807) is 24.3 Å². The average Bonchev–Trinajstić information content (AvgIpc) is 2.31. The molecule has 0 saturated carbocycles. The lowest BCUT2D eigenvalue weighted by atomic mass is 10.2. The Labute approximate surface area is 92.4 Å². The summed E-state index contributed by atoms with van der Waals surface area (Å²) in [6.45, 7) is 0. The molecule has 0 spiro atoms.